The molecule has 6 heteroatoms. The van der Waals surface area contributed by atoms with Crippen LogP contribution in [0.3, 0.4) is 0 Å². The van der Waals surface area contributed by atoms with Gasteiger partial charge < -0.3 is 16.8 Å². The summed E-state index contributed by atoms with van der Waals surface area (Å²) >= 11 is 6.08. The number of carbonyl (C=O) groups excluding carboxylic acids is 1. The highest BCUT2D eigenvalue weighted by molar-refractivity contribution is 6.34. The molecule has 2 aromatic rings. The zero-order valence-electron chi connectivity index (χ0n) is 11.2. The number of nitrogen functional groups attached to an aromatic ring is 1. The van der Waals surface area contributed by atoms with Gasteiger partial charge in [0.05, 0.1) is 16.3 Å². The van der Waals surface area contributed by atoms with Crippen molar-refractivity contribution in [3.63, 3.8) is 0 Å². The molecule has 0 saturated carbocycles. The van der Waals surface area contributed by atoms with Gasteiger partial charge in [-0.3, -0.25) is 4.79 Å². The summed E-state index contributed by atoms with van der Waals surface area (Å²) in [4.78, 5) is 11.4. The Balaban J connectivity index is 2.09. The van der Waals surface area contributed by atoms with Crippen LogP contribution in [0.1, 0.15) is 15.9 Å². The lowest BCUT2D eigenvalue weighted by Crippen LogP contribution is -2.16. The van der Waals surface area contributed by atoms with Crippen LogP contribution in [0.15, 0.2) is 36.4 Å². The third-order valence-corrected chi connectivity index (χ3v) is 3.30. The molecular weight excluding hydrogens is 293 g/mol. The van der Waals surface area contributed by atoms with E-state index in [1.54, 1.807) is 18.2 Å². The molecule has 0 atom stereocenters. The average molecular weight is 308 g/mol. The molecule has 0 spiro atoms. The van der Waals surface area contributed by atoms with Crippen molar-refractivity contribution in [2.24, 2.45) is 5.73 Å². The first-order chi connectivity index (χ1) is 9.97. The van der Waals surface area contributed by atoms with Gasteiger partial charge in [0.15, 0.2) is 0 Å². The van der Waals surface area contributed by atoms with Crippen molar-refractivity contribution in [3.05, 3.63) is 58.4 Å². The standard InChI is InChI=1S/C15H15ClFN3O/c16-13-8-11(18)7-12(15(19)21)14(13)20-6-5-9-1-3-10(17)4-2-9/h1-4,7-8,20H,5-6,18H2,(H2,19,21). The number of hydrogen-bond donors (Lipinski definition) is 3. The number of nitrogens with one attached hydrogen (secondary N) is 1. The molecule has 0 aliphatic carbocycles. The van der Waals surface area contributed by atoms with E-state index in [2.05, 4.69) is 5.32 Å². The molecule has 0 aliphatic heterocycles. The molecule has 0 aliphatic rings. The van der Waals surface area contributed by atoms with E-state index in [9.17, 15) is 9.18 Å². The van der Waals surface area contributed by atoms with Crippen molar-refractivity contribution >= 4 is 28.9 Å². The van der Waals surface area contributed by atoms with E-state index >= 15 is 0 Å². The van der Waals surface area contributed by atoms with Gasteiger partial charge in [0.1, 0.15) is 5.82 Å². The maximum absolute atomic E-state index is 12.8. The fourth-order valence-corrected chi connectivity index (χ4v) is 2.28. The first kappa shape index (κ1) is 15.1. The molecule has 0 heterocycles. The van der Waals surface area contributed by atoms with Gasteiger partial charge in [-0.2, -0.15) is 0 Å². The van der Waals surface area contributed by atoms with E-state index in [1.165, 1.54) is 18.2 Å². The second-order valence-corrected chi connectivity index (χ2v) is 5.00. The van der Waals surface area contributed by atoms with Crippen LogP contribution in [0.5, 0.6) is 0 Å². The summed E-state index contributed by atoms with van der Waals surface area (Å²) in [5.74, 6) is -0.877. The average Bonchev–Trinajstić information content (AvgIpc) is 2.42. The van der Waals surface area contributed by atoms with E-state index in [4.69, 9.17) is 23.1 Å². The van der Waals surface area contributed by atoms with Gasteiger partial charge in [0.25, 0.3) is 5.91 Å². The lowest BCUT2D eigenvalue weighted by molar-refractivity contribution is 0.100. The zero-order chi connectivity index (χ0) is 15.4. The third-order valence-electron chi connectivity index (χ3n) is 3.01. The van der Waals surface area contributed by atoms with Gasteiger partial charge >= 0.3 is 0 Å². The largest absolute Gasteiger partial charge is 0.399 e. The Hall–Kier alpha value is -2.27. The molecule has 4 nitrogen and oxygen atoms in total. The van der Waals surface area contributed by atoms with Crippen LogP contribution in [-0.2, 0) is 6.42 Å². The van der Waals surface area contributed by atoms with Crippen LogP contribution in [0.4, 0.5) is 15.8 Å². The number of primary amides is 1. The minimum atomic E-state index is -0.603. The Morgan fingerprint density at radius 1 is 1.24 bits per heavy atom. The monoisotopic (exact) mass is 307 g/mol. The summed E-state index contributed by atoms with van der Waals surface area (Å²) in [7, 11) is 0. The van der Waals surface area contributed by atoms with Crippen LogP contribution in [0.2, 0.25) is 5.02 Å². The predicted octanol–water partition coefficient (Wildman–Crippen LogP) is 2.81. The molecule has 5 N–H and O–H groups in total. The maximum Gasteiger partial charge on any atom is 0.250 e. The maximum atomic E-state index is 12.8. The first-order valence-electron chi connectivity index (χ1n) is 6.34. The Bertz CT molecular complexity index is 659. The van der Waals surface area contributed by atoms with Crippen LogP contribution in [-0.4, -0.2) is 12.5 Å². The third kappa shape index (κ3) is 3.86. The van der Waals surface area contributed by atoms with E-state index in [0.717, 1.165) is 5.56 Å². The van der Waals surface area contributed by atoms with Gasteiger partial charge in [0, 0.05) is 12.2 Å². The predicted molar refractivity (Wildman–Crippen MR) is 83.0 cm³/mol. The van der Waals surface area contributed by atoms with Crippen molar-refractivity contribution < 1.29 is 9.18 Å². The first-order valence-corrected chi connectivity index (χ1v) is 6.72. The molecule has 2 aromatic carbocycles. The van der Waals surface area contributed by atoms with Crippen molar-refractivity contribution in [1.82, 2.24) is 0 Å². The number of benzene rings is 2. The molecule has 1 amide bonds. The summed E-state index contributed by atoms with van der Waals surface area (Å²) in [6.07, 6.45) is 0.652. The molecule has 0 fully saturated rings. The van der Waals surface area contributed by atoms with Gasteiger partial charge in [-0.05, 0) is 36.2 Å². The zero-order valence-corrected chi connectivity index (χ0v) is 12.0. The second-order valence-electron chi connectivity index (χ2n) is 4.59. The van der Waals surface area contributed by atoms with E-state index in [1.807, 2.05) is 0 Å². The summed E-state index contributed by atoms with van der Waals surface area (Å²) < 4.78 is 12.8. The van der Waals surface area contributed by atoms with Crippen LogP contribution < -0.4 is 16.8 Å². The van der Waals surface area contributed by atoms with Gasteiger partial charge in [-0.1, -0.05) is 23.7 Å². The van der Waals surface area contributed by atoms with Crippen molar-refractivity contribution in [3.8, 4) is 0 Å². The Kier molecular flexibility index (Phi) is 4.65. The highest BCUT2D eigenvalue weighted by Crippen LogP contribution is 2.29. The number of nitrogens with two attached hydrogens (primary N) is 2. The van der Waals surface area contributed by atoms with Crippen LogP contribution in [0, 0.1) is 5.82 Å². The van der Waals surface area contributed by atoms with E-state index in [-0.39, 0.29) is 11.4 Å². The Morgan fingerprint density at radius 3 is 2.52 bits per heavy atom. The lowest BCUT2D eigenvalue weighted by Gasteiger charge is -2.13. The van der Waals surface area contributed by atoms with Gasteiger partial charge in [-0.25, -0.2) is 4.39 Å². The molecular formula is C15H15ClFN3O. The summed E-state index contributed by atoms with van der Waals surface area (Å²) in [6, 6.07) is 9.25. The van der Waals surface area contributed by atoms with Gasteiger partial charge in [-0.15, -0.1) is 0 Å². The fraction of sp³-hybridized carbons (Fsp3) is 0.133. The number of rotatable bonds is 5. The van der Waals surface area contributed by atoms with Gasteiger partial charge in [0.2, 0.25) is 0 Å². The highest BCUT2D eigenvalue weighted by Gasteiger charge is 2.12. The van der Waals surface area contributed by atoms with Crippen LogP contribution in [0.25, 0.3) is 0 Å². The minimum Gasteiger partial charge on any atom is -0.399 e. The fourth-order valence-electron chi connectivity index (χ4n) is 1.98. The summed E-state index contributed by atoms with van der Waals surface area (Å²) in [5.41, 5.74) is 13.0. The molecule has 0 aromatic heterocycles. The minimum absolute atomic E-state index is 0.249. The molecule has 0 saturated heterocycles. The number of amides is 1. The molecule has 2 rings (SSSR count). The highest BCUT2D eigenvalue weighted by atomic mass is 35.5. The number of hydrogen-bond acceptors (Lipinski definition) is 3. The van der Waals surface area contributed by atoms with Crippen LogP contribution >= 0.6 is 11.6 Å². The van der Waals surface area contributed by atoms with E-state index in [0.29, 0.717) is 29.4 Å². The molecule has 21 heavy (non-hydrogen) atoms. The summed E-state index contributed by atoms with van der Waals surface area (Å²) in [6.45, 7) is 0.523. The molecule has 0 unspecified atom stereocenters. The van der Waals surface area contributed by atoms with E-state index < -0.39 is 5.91 Å². The number of carbonyl (C=O) groups is 1. The Labute approximate surface area is 126 Å². The smallest absolute Gasteiger partial charge is 0.250 e. The topological polar surface area (TPSA) is 81.1 Å². The second kappa shape index (κ2) is 6.45. The van der Waals surface area contributed by atoms with Crippen molar-refractivity contribution in [2.75, 3.05) is 17.6 Å². The quantitative estimate of drug-likeness (QED) is 0.743. The van der Waals surface area contributed by atoms with Crippen molar-refractivity contribution in [1.29, 1.82) is 0 Å². The molecule has 0 radical (unpaired) electrons. The normalized spacial score (nSPS) is 10.4. The molecule has 110 valence electrons. The van der Waals surface area contributed by atoms with Crippen molar-refractivity contribution in [2.45, 2.75) is 6.42 Å². The number of anilines is 2. The molecule has 0 bridgehead atoms. The lowest BCUT2D eigenvalue weighted by atomic mass is 10.1. The summed E-state index contributed by atoms with van der Waals surface area (Å²) in [5, 5.41) is 3.41. The Morgan fingerprint density at radius 2 is 1.90 bits per heavy atom. The number of halogens is 2. The SMILES string of the molecule is NC(=O)c1cc(N)cc(Cl)c1NCCc1ccc(F)cc1.